The van der Waals surface area contributed by atoms with Crippen molar-refractivity contribution in [2.24, 2.45) is 17.8 Å². The quantitative estimate of drug-likeness (QED) is 0.202. The van der Waals surface area contributed by atoms with Gasteiger partial charge in [0.05, 0.1) is 29.8 Å². The molecule has 42 heavy (non-hydrogen) atoms. The van der Waals surface area contributed by atoms with E-state index in [-0.39, 0.29) is 35.5 Å². The van der Waals surface area contributed by atoms with Crippen molar-refractivity contribution < 1.29 is 24.2 Å². The molecule has 6 atom stereocenters. The Balaban J connectivity index is 1.65. The van der Waals surface area contributed by atoms with Gasteiger partial charge < -0.3 is 24.5 Å². The third kappa shape index (κ3) is 6.47. The summed E-state index contributed by atoms with van der Waals surface area (Å²) < 4.78 is 4.89. The molecule has 1 N–H and O–H groups in total. The van der Waals surface area contributed by atoms with E-state index in [0.717, 1.165) is 58.2 Å². The summed E-state index contributed by atoms with van der Waals surface area (Å²) in [6, 6.07) is -0.598. The first-order valence-electron chi connectivity index (χ1n) is 16.0. The Morgan fingerprint density at radius 2 is 1.71 bits per heavy atom. The van der Waals surface area contributed by atoms with Crippen molar-refractivity contribution in [3.05, 3.63) is 25.3 Å². The standard InChI is InChI=1S/C32H52N4O5S/c1-5-12-34(13-6-2)29(38)26-25-23-24(4)32(42-25)27(26)30(39)36(15-10-8-9-11-20-37)28(32)31(40)35(14-7-3)17-16-33-18-21-41-22-19-33/h5,7,24-28,37H,1,3,6,8-23H2,2,4H3/t24?,25-,26+,27+,28?,32?/m1/s1. The van der Waals surface area contributed by atoms with Crippen LogP contribution in [-0.4, -0.2) is 131 Å². The predicted octanol–water partition coefficient (Wildman–Crippen LogP) is 2.65. The van der Waals surface area contributed by atoms with E-state index in [9.17, 15) is 19.5 Å². The molecule has 0 radical (unpaired) electrons. The second-order valence-electron chi connectivity index (χ2n) is 12.3. The highest BCUT2D eigenvalue weighted by atomic mass is 32.2. The Morgan fingerprint density at radius 1 is 1.05 bits per heavy atom. The first-order valence-corrected chi connectivity index (χ1v) is 16.9. The Hall–Kier alpha value is -1.88. The number of hydrogen-bond donors (Lipinski definition) is 1. The lowest BCUT2D eigenvalue weighted by atomic mass is 9.65. The van der Waals surface area contributed by atoms with Crippen LogP contribution in [0.4, 0.5) is 0 Å². The van der Waals surface area contributed by atoms with Gasteiger partial charge in [-0.15, -0.1) is 24.9 Å². The number of morpholine rings is 1. The van der Waals surface area contributed by atoms with Gasteiger partial charge in [0.2, 0.25) is 17.7 Å². The Bertz CT molecular complexity index is 975. The van der Waals surface area contributed by atoms with Crippen LogP contribution in [0.25, 0.3) is 0 Å². The maximum absolute atomic E-state index is 14.7. The number of fused-ring (bicyclic) bond motifs is 1. The van der Waals surface area contributed by atoms with Gasteiger partial charge >= 0.3 is 0 Å². The Labute approximate surface area is 256 Å². The van der Waals surface area contributed by atoms with Gasteiger partial charge in [0.1, 0.15) is 6.04 Å². The summed E-state index contributed by atoms with van der Waals surface area (Å²) in [4.78, 5) is 51.1. The number of carbonyl (C=O) groups is 3. The first kappa shape index (κ1) is 33.0. The normalized spacial score (nSPS) is 30.4. The summed E-state index contributed by atoms with van der Waals surface area (Å²) in [5, 5.41) is 9.26. The van der Waals surface area contributed by atoms with E-state index in [0.29, 0.717) is 45.9 Å². The van der Waals surface area contributed by atoms with Gasteiger partial charge in [0, 0.05) is 64.2 Å². The van der Waals surface area contributed by atoms with Crippen LogP contribution in [0.1, 0.15) is 52.4 Å². The number of aliphatic hydroxyl groups is 1. The van der Waals surface area contributed by atoms with E-state index in [4.69, 9.17) is 4.74 Å². The maximum atomic E-state index is 14.7. The van der Waals surface area contributed by atoms with E-state index < -0.39 is 22.6 Å². The summed E-state index contributed by atoms with van der Waals surface area (Å²) in [5.74, 6) is -0.781. The number of hydrogen-bond acceptors (Lipinski definition) is 7. The number of carbonyl (C=O) groups excluding carboxylic acids is 3. The molecule has 236 valence electrons. The molecular weight excluding hydrogens is 552 g/mol. The fourth-order valence-corrected chi connectivity index (χ4v) is 10.1. The van der Waals surface area contributed by atoms with Crippen LogP contribution in [0, 0.1) is 17.8 Å². The first-order chi connectivity index (χ1) is 20.3. The van der Waals surface area contributed by atoms with Crippen molar-refractivity contribution in [2.45, 2.75) is 68.4 Å². The SMILES string of the molecule is C=CCN(CCN1CCOCC1)C(=O)C1N(CCCCCCO)C(=O)[C@@H]2[C@@H](C(=O)N(CC=C)CCC)[C@H]3CC(C)C12S3. The van der Waals surface area contributed by atoms with Crippen LogP contribution in [0.15, 0.2) is 25.3 Å². The van der Waals surface area contributed by atoms with Crippen LogP contribution in [0.2, 0.25) is 0 Å². The van der Waals surface area contributed by atoms with Crippen molar-refractivity contribution >= 4 is 29.5 Å². The predicted molar refractivity (Wildman–Crippen MR) is 167 cm³/mol. The molecule has 4 heterocycles. The number of nitrogens with zero attached hydrogens (tertiary/aromatic N) is 4. The molecule has 9 nitrogen and oxygen atoms in total. The van der Waals surface area contributed by atoms with Gasteiger partial charge in [0.15, 0.2) is 0 Å². The van der Waals surface area contributed by atoms with Crippen LogP contribution < -0.4 is 0 Å². The van der Waals surface area contributed by atoms with E-state index >= 15 is 0 Å². The van der Waals surface area contributed by atoms with Crippen molar-refractivity contribution in [3.8, 4) is 0 Å². The Kier molecular flexibility index (Phi) is 12.0. The lowest BCUT2D eigenvalue weighted by Crippen LogP contribution is -2.58. The smallest absolute Gasteiger partial charge is 0.247 e. The lowest BCUT2D eigenvalue weighted by molar-refractivity contribution is -0.145. The molecule has 0 aromatic heterocycles. The molecule has 0 aromatic rings. The molecule has 3 amide bonds. The Morgan fingerprint density at radius 3 is 2.36 bits per heavy atom. The number of thioether (sulfide) groups is 1. The molecule has 10 heteroatoms. The van der Waals surface area contributed by atoms with Crippen molar-refractivity contribution in [1.82, 2.24) is 19.6 Å². The highest BCUT2D eigenvalue weighted by Gasteiger charge is 2.76. The molecule has 0 aromatic carbocycles. The van der Waals surface area contributed by atoms with E-state index in [1.807, 2.05) is 14.7 Å². The van der Waals surface area contributed by atoms with Crippen molar-refractivity contribution in [2.75, 3.05) is 72.2 Å². The largest absolute Gasteiger partial charge is 0.396 e. The topological polar surface area (TPSA) is 93.6 Å². The zero-order valence-electron chi connectivity index (χ0n) is 25.8. The molecule has 0 aliphatic carbocycles. The molecule has 1 spiro atoms. The summed E-state index contributed by atoms with van der Waals surface area (Å²) in [6.07, 6.45) is 8.48. The third-order valence-corrected chi connectivity index (χ3v) is 11.8. The monoisotopic (exact) mass is 604 g/mol. The number of unbranched alkanes of at least 4 members (excludes halogenated alkanes) is 3. The van der Waals surface area contributed by atoms with E-state index in [1.165, 1.54) is 0 Å². The van der Waals surface area contributed by atoms with Gasteiger partial charge in [-0.3, -0.25) is 19.3 Å². The fraction of sp³-hybridized carbons (Fsp3) is 0.781. The highest BCUT2D eigenvalue weighted by molar-refractivity contribution is 8.02. The minimum atomic E-state index is -0.616. The number of aliphatic hydroxyl groups excluding tert-OH is 1. The third-order valence-electron chi connectivity index (χ3n) is 9.68. The van der Waals surface area contributed by atoms with Crippen LogP contribution >= 0.6 is 11.8 Å². The second-order valence-corrected chi connectivity index (χ2v) is 13.9. The molecule has 4 aliphatic rings. The van der Waals surface area contributed by atoms with Crippen LogP contribution in [-0.2, 0) is 19.1 Å². The molecular formula is C32H52N4O5S. The fourth-order valence-electron chi connectivity index (χ4n) is 7.70. The van der Waals surface area contributed by atoms with Gasteiger partial charge in [-0.2, -0.15) is 0 Å². The highest BCUT2D eigenvalue weighted by Crippen LogP contribution is 2.68. The molecule has 4 saturated heterocycles. The molecule has 4 rings (SSSR count). The number of rotatable bonds is 17. The van der Waals surface area contributed by atoms with E-state index in [1.54, 1.807) is 23.9 Å². The van der Waals surface area contributed by atoms with Gasteiger partial charge in [-0.25, -0.2) is 0 Å². The molecule has 4 aliphatic heterocycles. The summed E-state index contributed by atoms with van der Waals surface area (Å²) >= 11 is 1.75. The van der Waals surface area contributed by atoms with Crippen molar-refractivity contribution in [1.29, 1.82) is 0 Å². The molecule has 4 fully saturated rings. The molecule has 2 bridgehead atoms. The lowest BCUT2D eigenvalue weighted by Gasteiger charge is -2.41. The zero-order valence-corrected chi connectivity index (χ0v) is 26.6. The number of ether oxygens (including phenoxy) is 1. The minimum absolute atomic E-state index is 0.0148. The maximum Gasteiger partial charge on any atom is 0.247 e. The van der Waals surface area contributed by atoms with E-state index in [2.05, 4.69) is 31.9 Å². The van der Waals surface area contributed by atoms with Gasteiger partial charge in [-0.1, -0.05) is 38.8 Å². The molecule has 0 saturated carbocycles. The van der Waals surface area contributed by atoms with Crippen LogP contribution in [0.3, 0.4) is 0 Å². The zero-order chi connectivity index (χ0) is 30.3. The van der Waals surface area contributed by atoms with Crippen LogP contribution in [0.5, 0.6) is 0 Å². The molecule has 3 unspecified atom stereocenters. The minimum Gasteiger partial charge on any atom is -0.396 e. The number of amides is 3. The second kappa shape index (κ2) is 15.2. The summed E-state index contributed by atoms with van der Waals surface area (Å²) in [7, 11) is 0. The van der Waals surface area contributed by atoms with Gasteiger partial charge in [0.25, 0.3) is 0 Å². The average Bonchev–Trinajstić information content (AvgIpc) is 3.58. The summed E-state index contributed by atoms with van der Waals surface area (Å²) in [6.45, 7) is 18.6. The summed E-state index contributed by atoms with van der Waals surface area (Å²) in [5.41, 5.74) is 0. The van der Waals surface area contributed by atoms with Crippen molar-refractivity contribution in [3.63, 3.8) is 0 Å². The van der Waals surface area contributed by atoms with Gasteiger partial charge in [-0.05, 0) is 31.6 Å². The average molecular weight is 605 g/mol. The number of likely N-dealkylation sites (tertiary alicyclic amines) is 1.